The number of esters is 2. The van der Waals surface area contributed by atoms with Crippen LogP contribution in [0, 0.1) is 59.2 Å². The Hall–Kier alpha value is -0.860. The lowest BCUT2D eigenvalue weighted by molar-refractivity contribution is -0.153. The monoisotopic (exact) mass is 316 g/mol. The van der Waals surface area contributed by atoms with Gasteiger partial charge in [0.25, 0.3) is 0 Å². The van der Waals surface area contributed by atoms with Crippen LogP contribution in [0.4, 0.5) is 0 Å². The fourth-order valence-corrected chi connectivity index (χ4v) is 7.85. The SMILES string of the molecule is CC1C(C)C2CC1C1C3CC(CCC4CC(=O)OC4=O)C(C3)C21. The van der Waals surface area contributed by atoms with Gasteiger partial charge in [0, 0.05) is 0 Å². The first kappa shape index (κ1) is 14.5. The highest BCUT2D eigenvalue weighted by Gasteiger charge is 2.65. The molecule has 4 aliphatic carbocycles. The lowest BCUT2D eigenvalue weighted by Gasteiger charge is -2.43. The highest BCUT2D eigenvalue weighted by atomic mass is 16.6. The van der Waals surface area contributed by atoms with Gasteiger partial charge >= 0.3 is 11.9 Å². The van der Waals surface area contributed by atoms with E-state index in [-0.39, 0.29) is 17.9 Å². The van der Waals surface area contributed by atoms with Gasteiger partial charge in [0.1, 0.15) is 0 Å². The molecule has 126 valence electrons. The summed E-state index contributed by atoms with van der Waals surface area (Å²) in [5.41, 5.74) is 0. The van der Waals surface area contributed by atoms with Gasteiger partial charge in [0.05, 0.1) is 12.3 Å². The van der Waals surface area contributed by atoms with Crippen molar-refractivity contribution in [2.24, 2.45) is 59.2 Å². The second kappa shape index (κ2) is 4.83. The molecule has 4 bridgehead atoms. The number of rotatable bonds is 3. The molecule has 4 saturated carbocycles. The highest BCUT2D eigenvalue weighted by molar-refractivity contribution is 5.94. The summed E-state index contributed by atoms with van der Waals surface area (Å²) in [6.45, 7) is 4.99. The van der Waals surface area contributed by atoms with Crippen molar-refractivity contribution in [2.45, 2.75) is 52.4 Å². The molecule has 0 amide bonds. The van der Waals surface area contributed by atoms with Gasteiger partial charge in [-0.25, -0.2) is 0 Å². The third-order valence-corrected chi connectivity index (χ3v) is 8.83. The molecule has 1 aliphatic heterocycles. The van der Waals surface area contributed by atoms with Crippen LogP contribution in [0.5, 0.6) is 0 Å². The third kappa shape index (κ3) is 1.88. The van der Waals surface area contributed by atoms with Crippen molar-refractivity contribution < 1.29 is 14.3 Å². The maximum atomic E-state index is 11.7. The molecule has 0 aromatic rings. The molecule has 0 aromatic heterocycles. The van der Waals surface area contributed by atoms with E-state index in [1.165, 1.54) is 19.3 Å². The fraction of sp³-hybridized carbons (Fsp3) is 0.900. The molecule has 1 saturated heterocycles. The highest BCUT2D eigenvalue weighted by Crippen LogP contribution is 2.71. The Morgan fingerprint density at radius 1 is 0.913 bits per heavy atom. The first-order chi connectivity index (χ1) is 11.0. The van der Waals surface area contributed by atoms with Crippen molar-refractivity contribution in [3.8, 4) is 0 Å². The van der Waals surface area contributed by atoms with Crippen LogP contribution in [0.15, 0.2) is 0 Å². The Labute approximate surface area is 138 Å². The summed E-state index contributed by atoms with van der Waals surface area (Å²) >= 11 is 0. The van der Waals surface area contributed by atoms with Crippen LogP contribution in [-0.4, -0.2) is 11.9 Å². The van der Waals surface area contributed by atoms with E-state index in [0.29, 0.717) is 6.42 Å². The zero-order chi connectivity index (χ0) is 15.9. The van der Waals surface area contributed by atoms with Crippen LogP contribution >= 0.6 is 0 Å². The first-order valence-corrected chi connectivity index (χ1v) is 9.79. The van der Waals surface area contributed by atoms with Crippen LogP contribution in [-0.2, 0) is 14.3 Å². The van der Waals surface area contributed by atoms with Gasteiger partial charge in [-0.1, -0.05) is 13.8 Å². The van der Waals surface area contributed by atoms with E-state index >= 15 is 0 Å². The molecule has 0 N–H and O–H groups in total. The minimum Gasteiger partial charge on any atom is -0.393 e. The van der Waals surface area contributed by atoms with E-state index in [1.807, 2.05) is 0 Å². The van der Waals surface area contributed by atoms with E-state index in [1.54, 1.807) is 0 Å². The summed E-state index contributed by atoms with van der Waals surface area (Å²) in [5.74, 6) is 7.86. The topological polar surface area (TPSA) is 43.4 Å². The summed E-state index contributed by atoms with van der Waals surface area (Å²) in [5, 5.41) is 0. The minimum atomic E-state index is -0.316. The standard InChI is InChI=1S/C20H28O3/c1-9-10(2)15-8-14(9)18-13-5-11(16(6-13)19(15)18)3-4-12-7-17(21)23-20(12)22/h9-16,18-19H,3-8H2,1-2H3. The Bertz CT molecular complexity index is 555. The average Bonchev–Trinajstić information content (AvgIpc) is 3.26. The maximum absolute atomic E-state index is 11.7. The number of fused-ring (bicyclic) bond motifs is 9. The Balaban J connectivity index is 1.26. The minimum absolute atomic E-state index is 0.142. The van der Waals surface area contributed by atoms with Crippen molar-refractivity contribution in [1.82, 2.24) is 0 Å². The molecule has 5 aliphatic rings. The van der Waals surface area contributed by atoms with Crippen LogP contribution in [0.25, 0.3) is 0 Å². The van der Waals surface area contributed by atoms with Crippen LogP contribution in [0.3, 0.4) is 0 Å². The summed E-state index contributed by atoms with van der Waals surface area (Å²) in [4.78, 5) is 22.9. The van der Waals surface area contributed by atoms with Crippen molar-refractivity contribution in [3.63, 3.8) is 0 Å². The summed E-state index contributed by atoms with van der Waals surface area (Å²) < 4.78 is 4.71. The second-order valence-electron chi connectivity index (χ2n) is 9.36. The summed E-state index contributed by atoms with van der Waals surface area (Å²) in [6, 6.07) is 0. The lowest BCUT2D eigenvalue weighted by Crippen LogP contribution is -2.38. The third-order valence-electron chi connectivity index (χ3n) is 8.83. The lowest BCUT2D eigenvalue weighted by atomic mass is 9.61. The number of hydrogen-bond acceptors (Lipinski definition) is 3. The van der Waals surface area contributed by atoms with Gasteiger partial charge in [0.15, 0.2) is 0 Å². The van der Waals surface area contributed by atoms with Crippen molar-refractivity contribution in [1.29, 1.82) is 0 Å². The molecule has 5 rings (SSSR count). The number of hydrogen-bond donors (Lipinski definition) is 0. The zero-order valence-electron chi connectivity index (χ0n) is 14.2. The number of cyclic esters (lactones) is 2. The zero-order valence-corrected chi connectivity index (χ0v) is 14.2. The van der Waals surface area contributed by atoms with E-state index in [9.17, 15) is 9.59 Å². The van der Waals surface area contributed by atoms with Gasteiger partial charge < -0.3 is 4.74 Å². The van der Waals surface area contributed by atoms with E-state index in [4.69, 9.17) is 4.74 Å². The normalized spacial score (nSPS) is 56.4. The molecule has 0 spiro atoms. The van der Waals surface area contributed by atoms with Crippen LogP contribution in [0.1, 0.15) is 52.4 Å². The molecular weight excluding hydrogens is 288 g/mol. The molecular formula is C20H28O3. The molecule has 0 radical (unpaired) electrons. The van der Waals surface area contributed by atoms with Crippen molar-refractivity contribution >= 4 is 11.9 Å². The van der Waals surface area contributed by atoms with Gasteiger partial charge in [-0.2, -0.15) is 0 Å². The quantitative estimate of drug-likeness (QED) is 0.453. The second-order valence-corrected chi connectivity index (χ2v) is 9.36. The Morgan fingerprint density at radius 3 is 2.35 bits per heavy atom. The predicted octanol–water partition coefficient (Wildman–Crippen LogP) is 3.67. The average molecular weight is 316 g/mol. The van der Waals surface area contributed by atoms with E-state index in [2.05, 4.69) is 13.8 Å². The molecule has 3 nitrogen and oxygen atoms in total. The molecule has 10 unspecified atom stereocenters. The van der Waals surface area contributed by atoms with E-state index < -0.39 is 0 Å². The summed E-state index contributed by atoms with van der Waals surface area (Å²) in [6.07, 6.45) is 6.69. The van der Waals surface area contributed by atoms with Crippen LogP contribution < -0.4 is 0 Å². The Morgan fingerprint density at radius 2 is 1.65 bits per heavy atom. The largest absolute Gasteiger partial charge is 0.393 e. The number of carbonyl (C=O) groups is 2. The van der Waals surface area contributed by atoms with Gasteiger partial charge in [-0.05, 0) is 85.4 Å². The Kier molecular flexibility index (Phi) is 3.04. The van der Waals surface area contributed by atoms with Gasteiger partial charge in [-0.3, -0.25) is 9.59 Å². The summed E-state index contributed by atoms with van der Waals surface area (Å²) in [7, 11) is 0. The van der Waals surface area contributed by atoms with Gasteiger partial charge in [0.2, 0.25) is 0 Å². The number of carbonyl (C=O) groups excluding carboxylic acids is 2. The van der Waals surface area contributed by atoms with Crippen LogP contribution in [0.2, 0.25) is 0 Å². The molecule has 0 aromatic carbocycles. The maximum Gasteiger partial charge on any atom is 0.317 e. The smallest absolute Gasteiger partial charge is 0.317 e. The van der Waals surface area contributed by atoms with Gasteiger partial charge in [-0.15, -0.1) is 0 Å². The van der Waals surface area contributed by atoms with Crippen molar-refractivity contribution in [3.05, 3.63) is 0 Å². The first-order valence-electron chi connectivity index (χ1n) is 9.79. The molecule has 23 heavy (non-hydrogen) atoms. The molecule has 3 heteroatoms. The molecule has 1 heterocycles. The fourth-order valence-electron chi connectivity index (χ4n) is 7.85. The van der Waals surface area contributed by atoms with Crippen molar-refractivity contribution in [2.75, 3.05) is 0 Å². The molecule has 10 atom stereocenters. The number of ether oxygens (including phenoxy) is 1. The predicted molar refractivity (Wildman–Crippen MR) is 85.0 cm³/mol. The van der Waals surface area contributed by atoms with E-state index in [0.717, 1.165) is 66.1 Å². The molecule has 5 fully saturated rings.